The van der Waals surface area contributed by atoms with Gasteiger partial charge in [-0.2, -0.15) is 0 Å². The molecule has 2 fully saturated rings. The Morgan fingerprint density at radius 1 is 1.38 bits per heavy atom. The Hall–Kier alpha value is -1.59. The highest BCUT2D eigenvalue weighted by Gasteiger charge is 2.40. The Balaban J connectivity index is 1.59. The second-order valence-corrected chi connectivity index (χ2v) is 5.96. The number of fused-ring (bicyclic) bond motifs is 2. The molecule has 2 heterocycles. The number of nitrogens with one attached hydrogen (secondary N) is 1. The topological polar surface area (TPSA) is 61.8 Å². The van der Waals surface area contributed by atoms with E-state index in [0.29, 0.717) is 18.6 Å². The largest absolute Gasteiger partial charge is 0.497 e. The van der Waals surface area contributed by atoms with Gasteiger partial charge in [-0.1, -0.05) is 6.07 Å². The fraction of sp³-hybridized carbons (Fsp3) is 0.562. The molecule has 21 heavy (non-hydrogen) atoms. The van der Waals surface area contributed by atoms with Crippen molar-refractivity contribution in [2.45, 2.75) is 43.9 Å². The number of aliphatic hydroxyl groups excluding tert-OH is 1. The standard InChI is InChI=1S/C16H22N2O3/c1-21-15-4-2-3-11(7-15)17-16(20)10-18-12-5-6-13(18)9-14(19)8-12/h2-4,7,12-14,19H,5-6,8-10H2,1H3,(H,17,20). The van der Waals surface area contributed by atoms with Crippen molar-refractivity contribution >= 4 is 11.6 Å². The van der Waals surface area contributed by atoms with Crippen LogP contribution in [0.25, 0.3) is 0 Å². The second-order valence-electron chi connectivity index (χ2n) is 5.96. The maximum atomic E-state index is 12.2. The van der Waals surface area contributed by atoms with Crippen LogP contribution in [0.3, 0.4) is 0 Å². The minimum absolute atomic E-state index is 0.00320. The van der Waals surface area contributed by atoms with Gasteiger partial charge < -0.3 is 15.2 Å². The van der Waals surface area contributed by atoms with Gasteiger partial charge in [-0.15, -0.1) is 0 Å². The van der Waals surface area contributed by atoms with Crippen LogP contribution in [-0.2, 0) is 4.79 Å². The Kier molecular flexibility index (Phi) is 4.12. The predicted octanol–water partition coefficient (Wildman–Crippen LogP) is 1.62. The maximum absolute atomic E-state index is 12.2. The molecule has 2 aliphatic rings. The van der Waals surface area contributed by atoms with Crippen molar-refractivity contribution in [1.29, 1.82) is 0 Å². The summed E-state index contributed by atoms with van der Waals surface area (Å²) in [5, 5.41) is 12.7. The van der Waals surface area contributed by atoms with Gasteiger partial charge in [-0.3, -0.25) is 9.69 Å². The number of benzene rings is 1. The number of piperidine rings is 1. The minimum atomic E-state index is -0.194. The van der Waals surface area contributed by atoms with Crippen molar-refractivity contribution in [3.8, 4) is 5.75 Å². The zero-order valence-electron chi connectivity index (χ0n) is 12.3. The molecule has 5 heteroatoms. The van der Waals surface area contributed by atoms with E-state index in [9.17, 15) is 9.90 Å². The number of carbonyl (C=O) groups is 1. The number of methoxy groups -OCH3 is 1. The number of aliphatic hydroxyl groups is 1. The quantitative estimate of drug-likeness (QED) is 0.884. The number of nitrogens with zero attached hydrogens (tertiary/aromatic N) is 1. The molecular formula is C16H22N2O3. The number of ether oxygens (including phenoxy) is 1. The molecule has 0 saturated carbocycles. The van der Waals surface area contributed by atoms with Gasteiger partial charge in [-0.05, 0) is 37.8 Å². The number of amides is 1. The lowest BCUT2D eigenvalue weighted by Crippen LogP contribution is -2.47. The zero-order valence-corrected chi connectivity index (χ0v) is 12.3. The summed E-state index contributed by atoms with van der Waals surface area (Å²) in [6, 6.07) is 8.09. The molecule has 0 aliphatic carbocycles. The van der Waals surface area contributed by atoms with Crippen molar-refractivity contribution in [2.24, 2.45) is 0 Å². The maximum Gasteiger partial charge on any atom is 0.238 e. The molecule has 2 saturated heterocycles. The molecule has 2 N–H and O–H groups in total. The first-order valence-electron chi connectivity index (χ1n) is 7.53. The van der Waals surface area contributed by atoms with Crippen LogP contribution in [0.1, 0.15) is 25.7 Å². The van der Waals surface area contributed by atoms with E-state index in [4.69, 9.17) is 4.74 Å². The van der Waals surface area contributed by atoms with Crippen molar-refractivity contribution in [3.63, 3.8) is 0 Å². The van der Waals surface area contributed by atoms with Gasteiger partial charge in [0, 0.05) is 23.8 Å². The average molecular weight is 290 g/mol. The third-order valence-corrected chi connectivity index (χ3v) is 4.54. The van der Waals surface area contributed by atoms with E-state index in [0.717, 1.165) is 37.1 Å². The number of rotatable bonds is 4. The first-order valence-corrected chi connectivity index (χ1v) is 7.53. The predicted molar refractivity (Wildman–Crippen MR) is 80.4 cm³/mol. The van der Waals surface area contributed by atoms with Gasteiger partial charge >= 0.3 is 0 Å². The van der Waals surface area contributed by atoms with Gasteiger partial charge in [-0.25, -0.2) is 0 Å². The SMILES string of the molecule is COc1cccc(NC(=O)CN2C3CCC2CC(O)C3)c1. The van der Waals surface area contributed by atoms with E-state index >= 15 is 0 Å². The van der Waals surface area contributed by atoms with Crippen molar-refractivity contribution in [3.05, 3.63) is 24.3 Å². The van der Waals surface area contributed by atoms with E-state index in [1.54, 1.807) is 7.11 Å². The normalized spacial score (nSPS) is 28.4. The Labute approximate surface area is 124 Å². The molecule has 2 bridgehead atoms. The molecular weight excluding hydrogens is 268 g/mol. The second kappa shape index (κ2) is 6.03. The molecule has 1 aromatic carbocycles. The van der Waals surface area contributed by atoms with Crippen LogP contribution in [0.15, 0.2) is 24.3 Å². The molecule has 0 aromatic heterocycles. The summed E-state index contributed by atoms with van der Waals surface area (Å²) >= 11 is 0. The molecule has 0 radical (unpaired) electrons. The molecule has 5 nitrogen and oxygen atoms in total. The lowest BCUT2D eigenvalue weighted by atomic mass is 10.00. The molecule has 2 aliphatic heterocycles. The van der Waals surface area contributed by atoms with Gasteiger partial charge in [0.05, 0.1) is 19.8 Å². The van der Waals surface area contributed by atoms with Gasteiger partial charge in [0.2, 0.25) is 5.91 Å². The average Bonchev–Trinajstić information content (AvgIpc) is 2.70. The van der Waals surface area contributed by atoms with Gasteiger partial charge in [0.25, 0.3) is 0 Å². The number of hydrogen-bond donors (Lipinski definition) is 2. The third kappa shape index (κ3) is 3.19. The molecule has 2 atom stereocenters. The zero-order chi connectivity index (χ0) is 14.8. The molecule has 1 amide bonds. The number of carbonyl (C=O) groups excluding carboxylic acids is 1. The Morgan fingerprint density at radius 3 is 2.76 bits per heavy atom. The Morgan fingerprint density at radius 2 is 2.10 bits per heavy atom. The first-order chi connectivity index (χ1) is 10.2. The monoisotopic (exact) mass is 290 g/mol. The summed E-state index contributed by atoms with van der Waals surface area (Å²) in [5.74, 6) is 0.727. The van der Waals surface area contributed by atoms with Crippen LogP contribution in [0.5, 0.6) is 5.75 Å². The fourth-order valence-electron chi connectivity index (χ4n) is 3.57. The highest BCUT2D eigenvalue weighted by molar-refractivity contribution is 5.92. The summed E-state index contributed by atoms with van der Waals surface area (Å²) in [5.41, 5.74) is 0.753. The smallest absolute Gasteiger partial charge is 0.238 e. The highest BCUT2D eigenvalue weighted by atomic mass is 16.5. The van der Waals surface area contributed by atoms with Crippen molar-refractivity contribution in [2.75, 3.05) is 19.0 Å². The molecule has 2 unspecified atom stereocenters. The van der Waals surface area contributed by atoms with E-state index in [1.807, 2.05) is 24.3 Å². The molecule has 114 valence electrons. The van der Waals surface area contributed by atoms with E-state index in [1.165, 1.54) is 0 Å². The molecule has 0 spiro atoms. The van der Waals surface area contributed by atoms with Crippen LogP contribution in [0, 0.1) is 0 Å². The van der Waals surface area contributed by atoms with Crippen LogP contribution in [0.4, 0.5) is 5.69 Å². The van der Waals surface area contributed by atoms with E-state index in [2.05, 4.69) is 10.2 Å². The van der Waals surface area contributed by atoms with Crippen LogP contribution >= 0.6 is 0 Å². The Bertz CT molecular complexity index is 506. The molecule has 1 aromatic rings. The summed E-state index contributed by atoms with van der Waals surface area (Å²) in [4.78, 5) is 14.5. The summed E-state index contributed by atoms with van der Waals surface area (Å²) in [6.45, 7) is 0.402. The van der Waals surface area contributed by atoms with Crippen molar-refractivity contribution in [1.82, 2.24) is 4.90 Å². The summed E-state index contributed by atoms with van der Waals surface area (Å²) in [6.07, 6.45) is 3.58. The minimum Gasteiger partial charge on any atom is -0.497 e. The summed E-state index contributed by atoms with van der Waals surface area (Å²) in [7, 11) is 1.61. The highest BCUT2D eigenvalue weighted by Crippen LogP contribution is 2.35. The van der Waals surface area contributed by atoms with Crippen LogP contribution in [0.2, 0.25) is 0 Å². The van der Waals surface area contributed by atoms with E-state index in [-0.39, 0.29) is 12.0 Å². The van der Waals surface area contributed by atoms with E-state index < -0.39 is 0 Å². The van der Waals surface area contributed by atoms with Crippen molar-refractivity contribution < 1.29 is 14.6 Å². The lowest BCUT2D eigenvalue weighted by molar-refractivity contribution is -0.119. The summed E-state index contributed by atoms with van der Waals surface area (Å²) < 4.78 is 5.15. The van der Waals surface area contributed by atoms with Gasteiger partial charge in [0.1, 0.15) is 5.75 Å². The molecule has 3 rings (SSSR count). The number of hydrogen-bond acceptors (Lipinski definition) is 4. The first kappa shape index (κ1) is 14.4. The van der Waals surface area contributed by atoms with Gasteiger partial charge in [0.15, 0.2) is 0 Å². The fourth-order valence-corrected chi connectivity index (χ4v) is 3.57. The third-order valence-electron chi connectivity index (χ3n) is 4.54. The lowest BCUT2D eigenvalue weighted by Gasteiger charge is -2.36. The van der Waals surface area contributed by atoms with Crippen LogP contribution < -0.4 is 10.1 Å². The number of anilines is 1. The van der Waals surface area contributed by atoms with Crippen LogP contribution in [-0.4, -0.2) is 47.8 Å².